The normalized spacial score (nSPS) is 19.7. The van der Waals surface area contributed by atoms with Gasteiger partial charge in [-0.1, -0.05) is 76.8 Å². The molecule has 0 saturated heterocycles. The molecule has 1 fully saturated rings. The highest BCUT2D eigenvalue weighted by atomic mass is 14.4. The van der Waals surface area contributed by atoms with Crippen LogP contribution >= 0.6 is 0 Å². The smallest absolute Gasteiger partial charge is 0.00824 e. The Balaban J connectivity index is 2.28. The van der Waals surface area contributed by atoms with Gasteiger partial charge in [-0.25, -0.2) is 0 Å². The molecule has 1 aliphatic rings. The predicted octanol–water partition coefficient (Wildman–Crippen LogP) is 5.79. The van der Waals surface area contributed by atoms with Crippen molar-refractivity contribution in [2.45, 2.75) is 65.2 Å². The lowest BCUT2D eigenvalue weighted by atomic mass is 9.63. The summed E-state index contributed by atoms with van der Waals surface area (Å²) >= 11 is 0. The van der Waals surface area contributed by atoms with Crippen molar-refractivity contribution in [1.82, 2.24) is 0 Å². The molecule has 0 aliphatic heterocycles. The number of hydrogen-bond acceptors (Lipinski definition) is 0. The molecule has 0 bridgehead atoms. The van der Waals surface area contributed by atoms with Crippen LogP contribution in [0.3, 0.4) is 0 Å². The van der Waals surface area contributed by atoms with Crippen LogP contribution in [0.25, 0.3) is 0 Å². The van der Waals surface area contributed by atoms with Crippen molar-refractivity contribution in [3.63, 3.8) is 0 Å². The second kappa shape index (κ2) is 5.91. The van der Waals surface area contributed by atoms with Crippen molar-refractivity contribution >= 4 is 0 Å². The van der Waals surface area contributed by atoms with E-state index in [1.165, 1.54) is 38.5 Å². The van der Waals surface area contributed by atoms with Crippen LogP contribution in [-0.4, -0.2) is 0 Å². The summed E-state index contributed by atoms with van der Waals surface area (Å²) in [5.41, 5.74) is 1.99. The minimum atomic E-state index is 0.420. The van der Waals surface area contributed by atoms with Crippen molar-refractivity contribution in [3.05, 3.63) is 35.9 Å². The molecule has 0 amide bonds. The van der Waals surface area contributed by atoms with Gasteiger partial charge in [-0.3, -0.25) is 0 Å². The Labute approximate surface area is 113 Å². The minimum absolute atomic E-state index is 0.420. The molecule has 1 atom stereocenters. The van der Waals surface area contributed by atoms with E-state index in [0.717, 1.165) is 11.8 Å². The predicted molar refractivity (Wildman–Crippen MR) is 79.8 cm³/mol. The van der Waals surface area contributed by atoms with Gasteiger partial charge < -0.3 is 0 Å². The van der Waals surface area contributed by atoms with Gasteiger partial charge in [-0.15, -0.1) is 0 Å². The Kier molecular flexibility index (Phi) is 4.48. The van der Waals surface area contributed by atoms with Gasteiger partial charge in [0.1, 0.15) is 0 Å². The Morgan fingerprint density at radius 2 is 1.67 bits per heavy atom. The molecule has 0 radical (unpaired) electrons. The van der Waals surface area contributed by atoms with E-state index < -0.39 is 0 Å². The highest BCUT2D eigenvalue weighted by Gasteiger charge is 2.35. The van der Waals surface area contributed by atoms with E-state index in [1.54, 1.807) is 5.56 Å². The summed E-state index contributed by atoms with van der Waals surface area (Å²) in [4.78, 5) is 0. The van der Waals surface area contributed by atoms with Crippen LogP contribution in [-0.2, 0) is 0 Å². The monoisotopic (exact) mass is 244 g/mol. The summed E-state index contributed by atoms with van der Waals surface area (Å²) in [6, 6.07) is 11.2. The van der Waals surface area contributed by atoms with E-state index in [-0.39, 0.29) is 0 Å². The van der Waals surface area contributed by atoms with Crippen LogP contribution in [0, 0.1) is 11.3 Å². The highest BCUT2D eigenvalue weighted by Crippen LogP contribution is 2.48. The van der Waals surface area contributed by atoms with Gasteiger partial charge in [0.15, 0.2) is 0 Å². The Bertz CT molecular complexity index is 344. The van der Waals surface area contributed by atoms with Crippen LogP contribution in [0.5, 0.6) is 0 Å². The molecule has 0 heteroatoms. The second-order valence-corrected chi connectivity index (χ2v) is 6.63. The van der Waals surface area contributed by atoms with Gasteiger partial charge in [-0.2, -0.15) is 0 Å². The van der Waals surface area contributed by atoms with Gasteiger partial charge >= 0.3 is 0 Å². The van der Waals surface area contributed by atoms with Crippen molar-refractivity contribution in [2.75, 3.05) is 0 Å². The fraction of sp³-hybridized carbons (Fsp3) is 0.667. The molecule has 0 nitrogen and oxygen atoms in total. The summed E-state index contributed by atoms with van der Waals surface area (Å²) in [5.74, 6) is 1.64. The van der Waals surface area contributed by atoms with E-state index in [4.69, 9.17) is 0 Å². The molecule has 1 aliphatic carbocycles. The van der Waals surface area contributed by atoms with Crippen molar-refractivity contribution in [3.8, 4) is 0 Å². The summed E-state index contributed by atoms with van der Waals surface area (Å²) < 4.78 is 0. The quantitative estimate of drug-likeness (QED) is 0.629. The van der Waals surface area contributed by atoms with E-state index in [2.05, 4.69) is 51.1 Å². The molecule has 1 aromatic rings. The minimum Gasteiger partial charge on any atom is -0.0649 e. The van der Waals surface area contributed by atoms with Gasteiger partial charge in [-0.05, 0) is 35.7 Å². The van der Waals surface area contributed by atoms with Crippen LogP contribution in [0.4, 0.5) is 0 Å². The molecular weight excluding hydrogens is 216 g/mol. The molecule has 0 aromatic heterocycles. The maximum Gasteiger partial charge on any atom is -0.00824 e. The fourth-order valence-electron chi connectivity index (χ4n) is 3.71. The Hall–Kier alpha value is -0.780. The number of benzene rings is 1. The summed E-state index contributed by atoms with van der Waals surface area (Å²) in [7, 11) is 0. The molecule has 100 valence electrons. The molecule has 0 N–H and O–H groups in total. The second-order valence-electron chi connectivity index (χ2n) is 6.63. The Morgan fingerprint density at radius 1 is 1.06 bits per heavy atom. The van der Waals surface area contributed by atoms with E-state index >= 15 is 0 Å². The molecular formula is C18H28. The highest BCUT2D eigenvalue weighted by molar-refractivity contribution is 5.23. The van der Waals surface area contributed by atoms with Gasteiger partial charge in [0.05, 0.1) is 0 Å². The summed E-state index contributed by atoms with van der Waals surface area (Å²) in [6.07, 6.45) is 8.46. The molecule has 0 heterocycles. The van der Waals surface area contributed by atoms with E-state index in [9.17, 15) is 0 Å². The molecule has 1 saturated carbocycles. The summed E-state index contributed by atoms with van der Waals surface area (Å²) in [6.45, 7) is 7.26. The molecule has 1 aromatic carbocycles. The lowest BCUT2D eigenvalue weighted by molar-refractivity contribution is 0.168. The maximum absolute atomic E-state index is 2.46. The third-order valence-corrected chi connectivity index (χ3v) is 5.03. The standard InChI is InChI=1S/C18H28/c1-4-18(2,3)17(15-11-7-5-8-12-15)16-13-9-6-10-14-16/h5,7-8,11-12,16-17H,4,6,9-10,13-14H2,1-3H3. The molecule has 0 spiro atoms. The first-order valence-corrected chi connectivity index (χ1v) is 7.70. The van der Waals surface area contributed by atoms with Gasteiger partial charge in [0, 0.05) is 0 Å². The number of hydrogen-bond donors (Lipinski definition) is 0. The van der Waals surface area contributed by atoms with Crippen LogP contribution in [0.15, 0.2) is 30.3 Å². The zero-order chi connectivity index (χ0) is 13.0. The van der Waals surface area contributed by atoms with Crippen LogP contribution in [0.2, 0.25) is 0 Å². The molecule has 2 rings (SSSR count). The average molecular weight is 244 g/mol. The first kappa shape index (κ1) is 13.6. The van der Waals surface area contributed by atoms with Gasteiger partial charge in [0.2, 0.25) is 0 Å². The lowest BCUT2D eigenvalue weighted by Crippen LogP contribution is -2.29. The topological polar surface area (TPSA) is 0 Å². The third-order valence-electron chi connectivity index (χ3n) is 5.03. The van der Waals surface area contributed by atoms with E-state index in [1.807, 2.05) is 0 Å². The van der Waals surface area contributed by atoms with Crippen molar-refractivity contribution in [1.29, 1.82) is 0 Å². The molecule has 1 unspecified atom stereocenters. The van der Waals surface area contributed by atoms with Crippen LogP contribution < -0.4 is 0 Å². The summed E-state index contributed by atoms with van der Waals surface area (Å²) in [5, 5.41) is 0. The SMILES string of the molecule is CCC(C)(C)C(c1ccccc1)C1CCCCC1. The third kappa shape index (κ3) is 2.96. The zero-order valence-electron chi connectivity index (χ0n) is 12.3. The lowest BCUT2D eigenvalue weighted by Gasteiger charge is -2.41. The van der Waals surface area contributed by atoms with Crippen molar-refractivity contribution in [2.24, 2.45) is 11.3 Å². The number of rotatable bonds is 4. The zero-order valence-corrected chi connectivity index (χ0v) is 12.3. The first-order valence-electron chi connectivity index (χ1n) is 7.70. The first-order chi connectivity index (χ1) is 8.65. The average Bonchev–Trinajstić information content (AvgIpc) is 2.41. The maximum atomic E-state index is 2.46. The Morgan fingerprint density at radius 3 is 2.22 bits per heavy atom. The molecule has 18 heavy (non-hydrogen) atoms. The van der Waals surface area contributed by atoms with Crippen LogP contribution in [0.1, 0.15) is 70.8 Å². The fourth-order valence-corrected chi connectivity index (χ4v) is 3.71. The van der Waals surface area contributed by atoms with Crippen molar-refractivity contribution < 1.29 is 0 Å². The largest absolute Gasteiger partial charge is 0.0649 e. The van der Waals surface area contributed by atoms with Gasteiger partial charge in [0.25, 0.3) is 0 Å². The van der Waals surface area contributed by atoms with E-state index in [0.29, 0.717) is 5.41 Å².